The number of nitrogens with two attached hydrogens (primary N) is 1. The summed E-state index contributed by atoms with van der Waals surface area (Å²) in [5.74, 6) is 0.732. The molecule has 0 heterocycles. The molecule has 1 aliphatic carbocycles. The van der Waals surface area contributed by atoms with Gasteiger partial charge in [0.1, 0.15) is 0 Å². The van der Waals surface area contributed by atoms with E-state index in [1.807, 2.05) is 6.07 Å². The Morgan fingerprint density at radius 2 is 2.00 bits per heavy atom. The standard InChI is InChI=1S/C14H19BrN2O/c1-9-2-5-11(6-3-9)17-14(18)12-7-4-10(15)8-13(12)16/h4,7-9,11H,2-3,5-6,16H2,1H3,(H,17,18). The lowest BCUT2D eigenvalue weighted by molar-refractivity contribution is 0.0924. The van der Waals surface area contributed by atoms with Gasteiger partial charge in [-0.2, -0.15) is 0 Å². The van der Waals surface area contributed by atoms with Crippen LogP contribution in [0.15, 0.2) is 22.7 Å². The van der Waals surface area contributed by atoms with Crippen molar-refractivity contribution in [3.8, 4) is 0 Å². The van der Waals surface area contributed by atoms with Gasteiger partial charge in [0.25, 0.3) is 5.91 Å². The third-order valence-electron chi connectivity index (χ3n) is 3.61. The molecule has 0 unspecified atom stereocenters. The van der Waals surface area contributed by atoms with Gasteiger partial charge >= 0.3 is 0 Å². The highest BCUT2D eigenvalue weighted by Crippen LogP contribution is 2.24. The zero-order valence-corrected chi connectivity index (χ0v) is 12.2. The molecule has 1 aromatic rings. The molecule has 18 heavy (non-hydrogen) atoms. The molecule has 4 heteroatoms. The molecule has 98 valence electrons. The number of benzene rings is 1. The molecule has 1 fully saturated rings. The summed E-state index contributed by atoms with van der Waals surface area (Å²) in [4.78, 5) is 12.1. The molecule has 1 saturated carbocycles. The second-order valence-corrected chi connectivity index (χ2v) is 6.08. The van der Waals surface area contributed by atoms with Crippen molar-refractivity contribution < 1.29 is 4.79 Å². The zero-order chi connectivity index (χ0) is 13.1. The minimum absolute atomic E-state index is 0.0560. The van der Waals surface area contributed by atoms with Crippen LogP contribution >= 0.6 is 15.9 Å². The molecule has 0 atom stereocenters. The molecule has 0 bridgehead atoms. The first kappa shape index (κ1) is 13.4. The summed E-state index contributed by atoms with van der Waals surface area (Å²) in [6.45, 7) is 2.27. The number of nitrogens with one attached hydrogen (secondary N) is 1. The molecular formula is C14H19BrN2O. The van der Waals surface area contributed by atoms with Gasteiger partial charge in [-0.15, -0.1) is 0 Å². The van der Waals surface area contributed by atoms with Gasteiger partial charge in [-0.3, -0.25) is 4.79 Å². The van der Waals surface area contributed by atoms with E-state index in [0.29, 0.717) is 17.3 Å². The van der Waals surface area contributed by atoms with E-state index >= 15 is 0 Å². The maximum atomic E-state index is 12.1. The summed E-state index contributed by atoms with van der Waals surface area (Å²) in [5, 5.41) is 3.08. The van der Waals surface area contributed by atoms with Gasteiger partial charge in [0.05, 0.1) is 5.56 Å². The average Bonchev–Trinajstić information content (AvgIpc) is 2.32. The number of rotatable bonds is 2. The lowest BCUT2D eigenvalue weighted by atomic mass is 9.87. The zero-order valence-electron chi connectivity index (χ0n) is 10.6. The number of hydrogen-bond acceptors (Lipinski definition) is 2. The number of amides is 1. The Balaban J connectivity index is 1.99. The van der Waals surface area contributed by atoms with Crippen molar-refractivity contribution in [1.29, 1.82) is 0 Å². The van der Waals surface area contributed by atoms with E-state index in [-0.39, 0.29) is 5.91 Å². The van der Waals surface area contributed by atoms with E-state index in [2.05, 4.69) is 28.2 Å². The maximum absolute atomic E-state index is 12.1. The van der Waals surface area contributed by atoms with Crippen molar-refractivity contribution in [2.24, 2.45) is 5.92 Å². The van der Waals surface area contributed by atoms with Crippen LogP contribution in [0, 0.1) is 5.92 Å². The Bertz CT molecular complexity index is 439. The van der Waals surface area contributed by atoms with Crippen LogP contribution in [-0.2, 0) is 0 Å². The van der Waals surface area contributed by atoms with Gasteiger partial charge in [0.15, 0.2) is 0 Å². The Hall–Kier alpha value is -1.03. The molecule has 3 N–H and O–H groups in total. The fourth-order valence-corrected chi connectivity index (χ4v) is 2.79. The number of carbonyl (C=O) groups excluding carboxylic acids is 1. The highest BCUT2D eigenvalue weighted by Gasteiger charge is 2.21. The Morgan fingerprint density at radius 3 is 2.61 bits per heavy atom. The van der Waals surface area contributed by atoms with E-state index < -0.39 is 0 Å². The van der Waals surface area contributed by atoms with Gasteiger partial charge in [0, 0.05) is 16.2 Å². The molecule has 0 saturated heterocycles. The Labute approximate surface area is 116 Å². The van der Waals surface area contributed by atoms with E-state index in [9.17, 15) is 4.79 Å². The van der Waals surface area contributed by atoms with Crippen LogP contribution in [0.4, 0.5) is 5.69 Å². The number of halogens is 1. The summed E-state index contributed by atoms with van der Waals surface area (Å²) in [5.41, 5.74) is 6.94. The monoisotopic (exact) mass is 310 g/mol. The van der Waals surface area contributed by atoms with Gasteiger partial charge in [-0.1, -0.05) is 22.9 Å². The van der Waals surface area contributed by atoms with E-state index in [0.717, 1.165) is 23.2 Å². The highest BCUT2D eigenvalue weighted by atomic mass is 79.9. The second kappa shape index (κ2) is 5.74. The van der Waals surface area contributed by atoms with E-state index in [4.69, 9.17) is 5.73 Å². The number of anilines is 1. The average molecular weight is 311 g/mol. The number of carbonyl (C=O) groups is 1. The molecule has 0 radical (unpaired) electrons. The van der Waals surface area contributed by atoms with E-state index in [1.165, 1.54) is 12.8 Å². The molecule has 0 spiro atoms. The summed E-state index contributed by atoms with van der Waals surface area (Å²) >= 11 is 3.34. The number of nitrogen functional groups attached to an aromatic ring is 1. The predicted octanol–water partition coefficient (Wildman–Crippen LogP) is 3.34. The first-order valence-electron chi connectivity index (χ1n) is 6.42. The lowest BCUT2D eigenvalue weighted by Crippen LogP contribution is -2.37. The quantitative estimate of drug-likeness (QED) is 0.823. The molecule has 0 aromatic heterocycles. The third-order valence-corrected chi connectivity index (χ3v) is 4.10. The maximum Gasteiger partial charge on any atom is 0.253 e. The topological polar surface area (TPSA) is 55.1 Å². The van der Waals surface area contributed by atoms with Crippen LogP contribution in [0.5, 0.6) is 0 Å². The van der Waals surface area contributed by atoms with Crippen LogP contribution in [0.25, 0.3) is 0 Å². The third kappa shape index (κ3) is 3.25. The minimum Gasteiger partial charge on any atom is -0.398 e. The fraction of sp³-hybridized carbons (Fsp3) is 0.500. The van der Waals surface area contributed by atoms with Crippen LogP contribution in [0.1, 0.15) is 43.0 Å². The molecular weight excluding hydrogens is 292 g/mol. The van der Waals surface area contributed by atoms with Gasteiger partial charge in [0.2, 0.25) is 0 Å². The highest BCUT2D eigenvalue weighted by molar-refractivity contribution is 9.10. The largest absolute Gasteiger partial charge is 0.398 e. The van der Waals surface area contributed by atoms with Crippen molar-refractivity contribution in [2.75, 3.05) is 5.73 Å². The summed E-state index contributed by atoms with van der Waals surface area (Å²) in [6, 6.07) is 5.67. The molecule has 1 aromatic carbocycles. The summed E-state index contributed by atoms with van der Waals surface area (Å²) in [6.07, 6.45) is 4.54. The smallest absolute Gasteiger partial charge is 0.253 e. The van der Waals surface area contributed by atoms with Crippen molar-refractivity contribution in [3.63, 3.8) is 0 Å². The van der Waals surface area contributed by atoms with Crippen LogP contribution in [-0.4, -0.2) is 11.9 Å². The molecule has 1 aliphatic rings. The van der Waals surface area contributed by atoms with Crippen molar-refractivity contribution in [3.05, 3.63) is 28.2 Å². The van der Waals surface area contributed by atoms with E-state index in [1.54, 1.807) is 12.1 Å². The molecule has 1 amide bonds. The minimum atomic E-state index is -0.0560. The predicted molar refractivity (Wildman–Crippen MR) is 77.4 cm³/mol. The Kier molecular flexibility index (Phi) is 4.27. The van der Waals surface area contributed by atoms with Crippen LogP contribution in [0.3, 0.4) is 0 Å². The summed E-state index contributed by atoms with van der Waals surface area (Å²) in [7, 11) is 0. The van der Waals surface area contributed by atoms with Gasteiger partial charge in [-0.25, -0.2) is 0 Å². The van der Waals surface area contributed by atoms with Gasteiger partial charge < -0.3 is 11.1 Å². The number of hydrogen-bond donors (Lipinski definition) is 2. The van der Waals surface area contributed by atoms with Crippen molar-refractivity contribution >= 4 is 27.5 Å². The second-order valence-electron chi connectivity index (χ2n) is 5.16. The SMILES string of the molecule is CC1CCC(NC(=O)c2ccc(Br)cc2N)CC1. The molecule has 3 nitrogen and oxygen atoms in total. The van der Waals surface area contributed by atoms with Crippen LogP contribution in [0.2, 0.25) is 0 Å². The first-order chi connectivity index (χ1) is 8.56. The fourth-order valence-electron chi connectivity index (χ4n) is 2.41. The van der Waals surface area contributed by atoms with Crippen LogP contribution < -0.4 is 11.1 Å². The normalized spacial score (nSPS) is 23.7. The van der Waals surface area contributed by atoms with Crippen molar-refractivity contribution in [1.82, 2.24) is 5.32 Å². The first-order valence-corrected chi connectivity index (χ1v) is 7.21. The molecule has 2 rings (SSSR count). The van der Waals surface area contributed by atoms with Gasteiger partial charge in [-0.05, 0) is 49.8 Å². The Morgan fingerprint density at radius 1 is 1.33 bits per heavy atom. The van der Waals surface area contributed by atoms with Crippen molar-refractivity contribution in [2.45, 2.75) is 38.6 Å². The summed E-state index contributed by atoms with van der Waals surface area (Å²) < 4.78 is 0.892. The molecule has 0 aliphatic heterocycles. The lowest BCUT2D eigenvalue weighted by Gasteiger charge is -2.27.